The second kappa shape index (κ2) is 22.5. The second-order valence-electron chi connectivity index (χ2n) is 7.54. The van der Waals surface area contributed by atoms with Crippen LogP contribution in [-0.2, 0) is 48.9 Å². The van der Waals surface area contributed by atoms with Gasteiger partial charge in [0.2, 0.25) is 0 Å². The summed E-state index contributed by atoms with van der Waals surface area (Å²) in [5.41, 5.74) is 0. The fourth-order valence-electron chi connectivity index (χ4n) is 3.07. The fraction of sp³-hybridized carbons (Fsp3) is 0.900. The molecule has 1 fully saturated rings. The second-order valence-corrected chi connectivity index (χ2v) is 8.55. The standard InChI is InChI=1S/C20H38O11S.Na/c1-2-3-4-5-6-7-8-9-10-11-12-19(20-18-24-20)17-28-25-13-14-26-30-31-27-15-16-29-32(21,22)23;/h15-16,19-20H,2-14,17-18H2,1H3,(H,21,22,23);/q;+1/p-1/b16-15+;. The molecule has 1 aliphatic rings. The molecule has 1 saturated heterocycles. The first-order valence-electron chi connectivity index (χ1n) is 11.3. The zero-order chi connectivity index (χ0) is 23.3. The van der Waals surface area contributed by atoms with Crippen molar-refractivity contribution in [3.05, 3.63) is 12.5 Å². The van der Waals surface area contributed by atoms with Gasteiger partial charge in [-0.3, -0.25) is 0 Å². The Morgan fingerprint density at radius 1 is 0.909 bits per heavy atom. The van der Waals surface area contributed by atoms with Crippen LogP contribution in [0.2, 0.25) is 0 Å². The van der Waals surface area contributed by atoms with Gasteiger partial charge < -0.3 is 18.4 Å². The van der Waals surface area contributed by atoms with Crippen LogP contribution in [0.25, 0.3) is 0 Å². The van der Waals surface area contributed by atoms with Crippen LogP contribution >= 0.6 is 0 Å². The first kappa shape index (κ1) is 33.0. The van der Waals surface area contributed by atoms with E-state index in [1.807, 2.05) is 0 Å². The van der Waals surface area contributed by atoms with E-state index in [9.17, 15) is 13.0 Å². The molecule has 0 aromatic carbocycles. The van der Waals surface area contributed by atoms with Crippen molar-refractivity contribution >= 4 is 10.4 Å². The summed E-state index contributed by atoms with van der Waals surface area (Å²) in [5.74, 6) is 0.324. The molecule has 13 heteroatoms. The van der Waals surface area contributed by atoms with Crippen molar-refractivity contribution < 1.29 is 81.1 Å². The Labute approximate surface area is 219 Å². The van der Waals surface area contributed by atoms with Gasteiger partial charge in [-0.25, -0.2) is 23.1 Å². The molecule has 2 atom stereocenters. The van der Waals surface area contributed by atoms with Crippen LogP contribution in [0, 0.1) is 5.92 Å². The normalized spacial score (nSPS) is 16.5. The Morgan fingerprint density at radius 2 is 1.52 bits per heavy atom. The topological polar surface area (TPSA) is 134 Å². The van der Waals surface area contributed by atoms with Gasteiger partial charge in [0.15, 0.2) is 6.26 Å². The van der Waals surface area contributed by atoms with E-state index in [0.717, 1.165) is 19.4 Å². The van der Waals surface area contributed by atoms with Gasteiger partial charge in [0.05, 0.1) is 19.3 Å². The smallest absolute Gasteiger partial charge is 0.716 e. The average Bonchev–Trinajstić information content (AvgIpc) is 3.59. The molecule has 1 heterocycles. The van der Waals surface area contributed by atoms with Crippen molar-refractivity contribution in [2.75, 3.05) is 26.4 Å². The summed E-state index contributed by atoms with van der Waals surface area (Å²) >= 11 is 0. The minimum atomic E-state index is -4.84. The molecule has 0 saturated carbocycles. The summed E-state index contributed by atoms with van der Waals surface area (Å²) in [5, 5.41) is 8.18. The van der Waals surface area contributed by atoms with E-state index in [2.05, 4.69) is 31.0 Å². The largest absolute Gasteiger partial charge is 1.00 e. The molecule has 0 aliphatic carbocycles. The third-order valence-electron chi connectivity index (χ3n) is 4.83. The molecule has 0 N–H and O–H groups in total. The SMILES string of the molecule is CCCCCCCCCCCCC(COOCCOOOO/C=C/OS(=O)(=O)[O-])C1CO1.[Na+]. The predicted molar refractivity (Wildman–Crippen MR) is 111 cm³/mol. The van der Waals surface area contributed by atoms with E-state index in [0.29, 0.717) is 25.0 Å². The van der Waals surface area contributed by atoms with Crippen molar-refractivity contribution in [3.63, 3.8) is 0 Å². The first-order valence-corrected chi connectivity index (χ1v) is 12.6. The van der Waals surface area contributed by atoms with Crippen LogP contribution in [0.3, 0.4) is 0 Å². The van der Waals surface area contributed by atoms with Crippen LogP contribution in [0.15, 0.2) is 12.5 Å². The van der Waals surface area contributed by atoms with E-state index in [1.165, 1.54) is 57.8 Å². The molecule has 0 bridgehead atoms. The number of hydrogen-bond acceptors (Lipinski definition) is 11. The fourth-order valence-corrected chi connectivity index (χ4v) is 3.25. The van der Waals surface area contributed by atoms with Gasteiger partial charge in [0, 0.05) is 11.0 Å². The maximum absolute atomic E-state index is 10.1. The Bertz CT molecular complexity index is 558. The van der Waals surface area contributed by atoms with Gasteiger partial charge >= 0.3 is 29.6 Å². The maximum Gasteiger partial charge on any atom is 1.00 e. The molecule has 2 unspecified atom stereocenters. The molecule has 1 aliphatic heterocycles. The van der Waals surface area contributed by atoms with Crippen LogP contribution in [0.5, 0.6) is 0 Å². The number of unbranched alkanes of at least 4 members (excludes halogenated alkanes) is 9. The third-order valence-corrected chi connectivity index (χ3v) is 5.18. The predicted octanol–water partition coefficient (Wildman–Crippen LogP) is 1.02. The van der Waals surface area contributed by atoms with Gasteiger partial charge in [-0.15, -0.1) is 0 Å². The van der Waals surface area contributed by atoms with E-state index in [1.54, 1.807) is 0 Å². The van der Waals surface area contributed by atoms with E-state index < -0.39 is 10.4 Å². The molecule has 11 nitrogen and oxygen atoms in total. The zero-order valence-electron chi connectivity index (χ0n) is 19.8. The van der Waals surface area contributed by atoms with Crippen molar-refractivity contribution in [1.82, 2.24) is 0 Å². The summed E-state index contributed by atoms with van der Waals surface area (Å²) in [6, 6.07) is 0. The first-order chi connectivity index (χ1) is 15.5. The molecule has 0 aromatic heterocycles. The monoisotopic (exact) mass is 508 g/mol. The van der Waals surface area contributed by atoms with Gasteiger partial charge in [-0.1, -0.05) is 71.1 Å². The number of rotatable bonds is 24. The summed E-state index contributed by atoms with van der Waals surface area (Å²) in [7, 11) is -4.84. The van der Waals surface area contributed by atoms with Gasteiger partial charge in [-0.05, 0) is 11.5 Å². The van der Waals surface area contributed by atoms with Crippen LogP contribution in [-0.4, -0.2) is 45.5 Å². The van der Waals surface area contributed by atoms with Crippen LogP contribution < -0.4 is 29.6 Å². The summed E-state index contributed by atoms with van der Waals surface area (Å²) < 4.78 is 39.4. The molecule has 0 aromatic rings. The Balaban J connectivity index is 0.0000102. The number of ether oxygens (including phenoxy) is 1. The van der Waals surface area contributed by atoms with Crippen molar-refractivity contribution in [3.8, 4) is 0 Å². The quantitative estimate of drug-likeness (QED) is 0.0270. The van der Waals surface area contributed by atoms with Crippen molar-refractivity contribution in [1.29, 1.82) is 0 Å². The third kappa shape index (κ3) is 23.5. The Kier molecular flexibility index (Phi) is 22.5. The summed E-state index contributed by atoms with van der Waals surface area (Å²) in [6.45, 7) is 3.55. The molecule has 0 spiro atoms. The molecule has 190 valence electrons. The van der Waals surface area contributed by atoms with Gasteiger partial charge in [0.1, 0.15) is 19.5 Å². The van der Waals surface area contributed by atoms with Crippen LogP contribution in [0.4, 0.5) is 0 Å². The molecule has 1 rings (SSSR count). The van der Waals surface area contributed by atoms with E-state index in [4.69, 9.17) is 14.5 Å². The Morgan fingerprint density at radius 3 is 2.12 bits per heavy atom. The molecule has 33 heavy (non-hydrogen) atoms. The molecular formula is C20H37NaO11S. The zero-order valence-corrected chi connectivity index (χ0v) is 22.6. The van der Waals surface area contributed by atoms with Crippen molar-refractivity contribution in [2.24, 2.45) is 5.92 Å². The minimum absolute atomic E-state index is 0. The van der Waals surface area contributed by atoms with Crippen LogP contribution in [0.1, 0.15) is 77.6 Å². The number of hydrogen-bond donors (Lipinski definition) is 0. The Hall–Kier alpha value is 0.01000. The summed E-state index contributed by atoms with van der Waals surface area (Å²) in [4.78, 5) is 19.0. The molecular weight excluding hydrogens is 471 g/mol. The van der Waals surface area contributed by atoms with E-state index >= 15 is 0 Å². The number of epoxide rings is 1. The molecule has 0 radical (unpaired) electrons. The van der Waals surface area contributed by atoms with Gasteiger partial charge in [-0.2, -0.15) is 0 Å². The minimum Gasteiger partial charge on any atom is -0.716 e. The summed E-state index contributed by atoms with van der Waals surface area (Å²) in [6.07, 6.45) is 15.5. The van der Waals surface area contributed by atoms with Crippen molar-refractivity contribution in [2.45, 2.75) is 83.7 Å². The molecule has 0 amide bonds. The van der Waals surface area contributed by atoms with E-state index in [-0.39, 0.29) is 48.9 Å². The maximum atomic E-state index is 10.1. The van der Waals surface area contributed by atoms with Gasteiger partial charge in [0.25, 0.3) is 10.4 Å². The average molecular weight is 509 g/mol.